The van der Waals surface area contributed by atoms with Gasteiger partial charge in [-0.05, 0) is 58.4 Å². The smallest absolute Gasteiger partial charge is 0.215 e. The number of fused-ring (bicyclic) bond motifs is 1. The van der Waals surface area contributed by atoms with E-state index in [0.29, 0.717) is 29.8 Å². The summed E-state index contributed by atoms with van der Waals surface area (Å²) in [6.45, 7) is 10.8. The molecule has 6 nitrogen and oxygen atoms in total. The summed E-state index contributed by atoms with van der Waals surface area (Å²) in [5.74, 6) is -0.226. The van der Waals surface area contributed by atoms with Gasteiger partial charge < -0.3 is 18.8 Å². The quantitative estimate of drug-likeness (QED) is 0.188. The number of hydrogen-bond donors (Lipinski definition) is 0. The van der Waals surface area contributed by atoms with Crippen LogP contribution in [0.3, 0.4) is 0 Å². The van der Waals surface area contributed by atoms with Gasteiger partial charge in [0.05, 0.1) is 24.5 Å². The molecular formula is C36H39Cl2N3O3. The molecule has 8 heteroatoms. The zero-order valence-electron chi connectivity index (χ0n) is 25.5. The van der Waals surface area contributed by atoms with Gasteiger partial charge in [-0.15, -0.1) is 0 Å². The molecule has 0 radical (unpaired) electrons. The Balaban J connectivity index is 1.04. The van der Waals surface area contributed by atoms with Gasteiger partial charge in [0, 0.05) is 42.6 Å². The lowest BCUT2D eigenvalue weighted by Gasteiger charge is -2.30. The number of hydrogen-bond acceptors (Lipinski definition) is 5. The van der Waals surface area contributed by atoms with Gasteiger partial charge in [0.15, 0.2) is 0 Å². The molecule has 0 unspecified atom stereocenters. The summed E-state index contributed by atoms with van der Waals surface area (Å²) in [5.41, 5.74) is 6.19. The van der Waals surface area contributed by atoms with Gasteiger partial charge >= 0.3 is 0 Å². The molecule has 2 aliphatic rings. The molecule has 1 aromatic heterocycles. The van der Waals surface area contributed by atoms with Crippen molar-refractivity contribution in [3.8, 4) is 5.75 Å². The summed E-state index contributed by atoms with van der Waals surface area (Å²) in [5, 5.41) is 1.05. The Hall–Kier alpha value is -3.13. The Bertz CT molecular complexity index is 1600. The molecule has 3 heterocycles. The topological polar surface area (TPSA) is 48.8 Å². The lowest BCUT2D eigenvalue weighted by molar-refractivity contribution is -0.189. The molecule has 4 aromatic rings. The number of ether oxygens (including phenoxy) is 3. The average Bonchev–Trinajstić information content (AvgIpc) is 3.66. The van der Waals surface area contributed by atoms with Crippen molar-refractivity contribution in [3.63, 3.8) is 0 Å². The SMILES string of the molecule is CC(C)(C)c1ccc(C=CCN2CCc3cc(OC[C@H]4CO[C@](Cn5ccnc5)(c5ccc(Cl)cc5Cl)O4)ccc3C2)cc1. The summed E-state index contributed by atoms with van der Waals surface area (Å²) in [6.07, 6.45) is 10.5. The molecule has 0 amide bonds. The van der Waals surface area contributed by atoms with Crippen molar-refractivity contribution in [2.75, 3.05) is 26.3 Å². The van der Waals surface area contributed by atoms with Crippen LogP contribution in [-0.4, -0.2) is 46.9 Å². The first-order valence-electron chi connectivity index (χ1n) is 15.1. The second-order valence-electron chi connectivity index (χ2n) is 12.7. The second-order valence-corrected chi connectivity index (χ2v) is 13.5. The highest BCUT2D eigenvalue weighted by Gasteiger charge is 2.45. The molecule has 1 saturated heterocycles. The maximum absolute atomic E-state index is 6.60. The van der Waals surface area contributed by atoms with Crippen molar-refractivity contribution in [1.82, 2.24) is 14.5 Å². The third-order valence-corrected chi connectivity index (χ3v) is 8.85. The Morgan fingerprint density at radius 1 is 1.05 bits per heavy atom. The van der Waals surface area contributed by atoms with Crippen LogP contribution in [0.5, 0.6) is 5.75 Å². The van der Waals surface area contributed by atoms with E-state index in [1.54, 1.807) is 24.7 Å². The Morgan fingerprint density at radius 3 is 2.64 bits per heavy atom. The number of rotatable bonds is 9. The largest absolute Gasteiger partial charge is 0.491 e. The molecule has 1 fully saturated rings. The van der Waals surface area contributed by atoms with Crippen molar-refractivity contribution in [2.45, 2.75) is 57.6 Å². The molecule has 0 bridgehead atoms. The van der Waals surface area contributed by atoms with E-state index in [-0.39, 0.29) is 11.5 Å². The summed E-state index contributed by atoms with van der Waals surface area (Å²) in [6, 6.07) is 20.7. The Morgan fingerprint density at radius 2 is 1.89 bits per heavy atom. The first-order valence-corrected chi connectivity index (χ1v) is 15.9. The Kier molecular flexibility index (Phi) is 9.18. The van der Waals surface area contributed by atoms with Crippen molar-refractivity contribution in [1.29, 1.82) is 0 Å². The van der Waals surface area contributed by atoms with Gasteiger partial charge in [-0.25, -0.2) is 4.98 Å². The van der Waals surface area contributed by atoms with Gasteiger partial charge in [0.25, 0.3) is 0 Å². The van der Waals surface area contributed by atoms with Gasteiger partial charge in [0.2, 0.25) is 5.79 Å². The molecule has 0 aliphatic carbocycles. The minimum Gasteiger partial charge on any atom is -0.491 e. The van der Waals surface area contributed by atoms with Crippen LogP contribution >= 0.6 is 23.2 Å². The first-order chi connectivity index (χ1) is 21.2. The van der Waals surface area contributed by atoms with Crippen LogP contribution in [0, 0.1) is 0 Å². The average molecular weight is 633 g/mol. The van der Waals surface area contributed by atoms with E-state index in [1.807, 2.05) is 16.8 Å². The number of imidazole rings is 1. The fourth-order valence-electron chi connectivity index (χ4n) is 5.83. The fraction of sp³-hybridized carbons (Fsp3) is 0.361. The molecule has 3 aromatic carbocycles. The van der Waals surface area contributed by atoms with Crippen molar-refractivity contribution >= 4 is 29.3 Å². The van der Waals surface area contributed by atoms with Crippen LogP contribution in [0.1, 0.15) is 48.6 Å². The zero-order valence-corrected chi connectivity index (χ0v) is 27.0. The molecule has 6 rings (SSSR count). The van der Waals surface area contributed by atoms with Gasteiger partial charge in [-0.1, -0.05) is 92.5 Å². The van der Waals surface area contributed by atoms with E-state index in [2.05, 4.69) is 85.3 Å². The van der Waals surface area contributed by atoms with Crippen molar-refractivity contribution in [2.24, 2.45) is 0 Å². The molecule has 2 atom stereocenters. The monoisotopic (exact) mass is 631 g/mol. The van der Waals surface area contributed by atoms with E-state index in [4.69, 9.17) is 37.4 Å². The summed E-state index contributed by atoms with van der Waals surface area (Å²) in [7, 11) is 0. The number of halogens is 2. The molecule has 230 valence electrons. The summed E-state index contributed by atoms with van der Waals surface area (Å²) >= 11 is 12.8. The number of aromatic nitrogens is 2. The number of benzene rings is 3. The standard InChI is InChI=1S/C36H39Cl2N3O3/c1-35(2,3)29-9-6-26(7-10-29)5-4-16-40-17-14-27-19-31(12-8-28(27)21-40)42-22-32-23-43-36(44-32,24-41-18-15-39-25-41)33-13-11-30(37)20-34(33)38/h4-13,15,18-20,25,32H,14,16-17,21-24H2,1-3H3/t32-,36-/m0/s1. The molecule has 0 N–H and O–H groups in total. The predicted octanol–water partition coefficient (Wildman–Crippen LogP) is 7.91. The van der Waals surface area contributed by atoms with Gasteiger partial charge in [-0.2, -0.15) is 0 Å². The van der Waals surface area contributed by atoms with Crippen molar-refractivity contribution < 1.29 is 14.2 Å². The lowest BCUT2D eigenvalue weighted by Crippen LogP contribution is -2.34. The van der Waals surface area contributed by atoms with Crippen LogP contribution in [0.15, 0.2) is 85.5 Å². The zero-order chi connectivity index (χ0) is 30.7. The second kappa shape index (κ2) is 13.1. The van der Waals surface area contributed by atoms with Gasteiger partial charge in [-0.3, -0.25) is 4.90 Å². The maximum Gasteiger partial charge on any atom is 0.215 e. The fourth-order valence-corrected chi connectivity index (χ4v) is 6.38. The minimum absolute atomic E-state index is 0.174. The minimum atomic E-state index is -1.07. The molecule has 0 spiro atoms. The highest BCUT2D eigenvalue weighted by molar-refractivity contribution is 6.35. The van der Waals surface area contributed by atoms with Crippen LogP contribution < -0.4 is 4.74 Å². The van der Waals surface area contributed by atoms with E-state index in [0.717, 1.165) is 37.4 Å². The van der Waals surface area contributed by atoms with Crippen LogP contribution in [0.2, 0.25) is 10.0 Å². The highest BCUT2D eigenvalue weighted by Crippen LogP contribution is 2.40. The van der Waals surface area contributed by atoms with Crippen LogP contribution in [0.4, 0.5) is 0 Å². The van der Waals surface area contributed by atoms with E-state index in [9.17, 15) is 0 Å². The molecule has 2 aliphatic heterocycles. The van der Waals surface area contributed by atoms with E-state index < -0.39 is 5.79 Å². The van der Waals surface area contributed by atoms with Crippen LogP contribution in [0.25, 0.3) is 6.08 Å². The third kappa shape index (κ3) is 7.22. The Labute approximate surface area is 270 Å². The predicted molar refractivity (Wildman–Crippen MR) is 176 cm³/mol. The normalized spacial score (nSPS) is 20.7. The van der Waals surface area contributed by atoms with E-state index in [1.165, 1.54) is 22.3 Å². The highest BCUT2D eigenvalue weighted by atomic mass is 35.5. The third-order valence-electron chi connectivity index (χ3n) is 8.31. The maximum atomic E-state index is 6.60. The number of nitrogens with zero attached hydrogens (tertiary/aromatic N) is 3. The lowest BCUT2D eigenvalue weighted by atomic mass is 9.87. The van der Waals surface area contributed by atoms with Gasteiger partial charge in [0.1, 0.15) is 18.5 Å². The molecule has 0 saturated carbocycles. The summed E-state index contributed by atoms with van der Waals surface area (Å²) < 4.78 is 21.0. The molecule has 44 heavy (non-hydrogen) atoms. The van der Waals surface area contributed by atoms with E-state index >= 15 is 0 Å². The summed E-state index contributed by atoms with van der Waals surface area (Å²) in [4.78, 5) is 6.64. The molecular weight excluding hydrogens is 593 g/mol. The van der Waals surface area contributed by atoms with Crippen molar-refractivity contribution in [3.05, 3.63) is 123 Å². The first kappa shape index (κ1) is 30.9. The van der Waals surface area contributed by atoms with Crippen LogP contribution in [-0.2, 0) is 40.2 Å².